The van der Waals surface area contributed by atoms with Crippen molar-refractivity contribution in [2.75, 3.05) is 0 Å². The fraction of sp³-hybridized carbons (Fsp3) is 1.00. The van der Waals surface area contributed by atoms with E-state index in [2.05, 4.69) is 67.7 Å². The monoisotopic (exact) mass is 394 g/mol. The predicted molar refractivity (Wildman–Crippen MR) is 103 cm³/mol. The van der Waals surface area contributed by atoms with Gasteiger partial charge in [-0.15, -0.1) is 46.4 Å². The fourth-order valence-electron chi connectivity index (χ4n) is 1.73. The van der Waals surface area contributed by atoms with Crippen molar-refractivity contribution in [3.63, 3.8) is 0 Å². The van der Waals surface area contributed by atoms with Gasteiger partial charge in [-0.05, 0) is 10.1 Å². The van der Waals surface area contributed by atoms with Crippen LogP contribution in [0.5, 0.6) is 0 Å². The van der Waals surface area contributed by atoms with Crippen molar-refractivity contribution in [3.05, 3.63) is 0 Å². The molecule has 0 aliphatic heterocycles. The third-order valence-electron chi connectivity index (χ3n) is 5.71. The molecule has 0 atom stereocenters. The van der Waals surface area contributed by atoms with Gasteiger partial charge in [-0.25, -0.2) is 0 Å². The van der Waals surface area contributed by atoms with Crippen molar-refractivity contribution >= 4 is 62.6 Å². The Morgan fingerprint density at radius 3 is 0.750 bits per heavy atom. The van der Waals surface area contributed by atoms with Crippen molar-refractivity contribution in [3.8, 4) is 0 Å². The molecule has 0 fully saturated rings. The first-order valence-electron chi connectivity index (χ1n) is 7.01. The Bertz CT molecular complexity index is 324. The Kier molecular flexibility index (Phi) is 6.04. The Morgan fingerprint density at radius 1 is 0.500 bits per heavy atom. The second kappa shape index (κ2) is 5.59. The molecule has 0 saturated carbocycles. The summed E-state index contributed by atoms with van der Waals surface area (Å²) in [5.41, 5.74) is 0. The number of alkyl halides is 4. The lowest BCUT2D eigenvalue weighted by Crippen LogP contribution is -2.70. The molecule has 0 saturated heterocycles. The minimum absolute atomic E-state index is 0.00783. The number of hydrogen-bond acceptors (Lipinski definition) is 0. The van der Waals surface area contributed by atoms with E-state index in [1.807, 2.05) is 0 Å². The topological polar surface area (TPSA) is 0 Å². The molecule has 0 amide bonds. The van der Waals surface area contributed by atoms with Crippen molar-refractivity contribution < 1.29 is 0 Å². The van der Waals surface area contributed by atoms with Crippen LogP contribution in [0.3, 0.4) is 0 Å². The summed E-state index contributed by atoms with van der Waals surface area (Å²) in [7, 11) is -4.31. The minimum Gasteiger partial charge on any atom is -0.103 e. The highest BCUT2D eigenvalue weighted by molar-refractivity contribution is 7.08. The summed E-state index contributed by atoms with van der Waals surface area (Å²) in [6, 6.07) is 0. The highest BCUT2D eigenvalue weighted by Crippen LogP contribution is 2.62. The molecule has 0 aliphatic carbocycles. The Balaban J connectivity index is 6.08. The molecule has 0 rings (SSSR count). The molecular formula is C14H30Cl4Si2. The van der Waals surface area contributed by atoms with Gasteiger partial charge in [0.25, 0.3) is 0 Å². The van der Waals surface area contributed by atoms with Crippen LogP contribution in [-0.2, 0) is 0 Å². The molecule has 6 heteroatoms. The van der Waals surface area contributed by atoms with E-state index in [4.69, 9.17) is 46.4 Å². The number of hydrogen-bond donors (Lipinski definition) is 0. The van der Waals surface area contributed by atoms with Crippen LogP contribution >= 0.6 is 46.4 Å². The van der Waals surface area contributed by atoms with Crippen LogP contribution < -0.4 is 0 Å². The van der Waals surface area contributed by atoms with E-state index in [9.17, 15) is 0 Å². The summed E-state index contributed by atoms with van der Waals surface area (Å²) in [5, 5.41) is 0.0157. The summed E-state index contributed by atoms with van der Waals surface area (Å²) >= 11 is 27.6. The first-order chi connectivity index (χ1) is 8.25. The van der Waals surface area contributed by atoms with E-state index in [0.717, 1.165) is 0 Å². The van der Waals surface area contributed by atoms with Gasteiger partial charge in [0, 0.05) is 0 Å². The molecule has 0 bridgehead atoms. The third-order valence-corrected chi connectivity index (χ3v) is 25.2. The molecule has 0 aromatic heterocycles. The lowest BCUT2D eigenvalue weighted by atomic mass is 10.2. The van der Waals surface area contributed by atoms with Crippen molar-refractivity contribution in [2.45, 2.75) is 85.7 Å². The molecule has 20 heavy (non-hydrogen) atoms. The van der Waals surface area contributed by atoms with Crippen LogP contribution in [0.1, 0.15) is 41.5 Å². The Labute approximate surface area is 147 Å². The van der Waals surface area contributed by atoms with Gasteiger partial charge in [-0.3, -0.25) is 0 Å². The minimum atomic E-state index is -2.15. The Hall–Kier alpha value is 1.59. The van der Waals surface area contributed by atoms with Gasteiger partial charge in [-0.2, -0.15) is 0 Å². The highest BCUT2D eigenvalue weighted by atomic mass is 35.5. The van der Waals surface area contributed by atoms with E-state index >= 15 is 0 Å². The van der Waals surface area contributed by atoms with Gasteiger partial charge in [-0.1, -0.05) is 67.7 Å². The molecule has 122 valence electrons. The summed E-state index contributed by atoms with van der Waals surface area (Å²) in [6.45, 7) is 21.8. The summed E-state index contributed by atoms with van der Waals surface area (Å²) in [6.07, 6.45) is 0. The van der Waals surface area contributed by atoms with Gasteiger partial charge in [0.1, 0.15) is 7.91 Å². The first-order valence-corrected chi connectivity index (χ1v) is 14.5. The van der Waals surface area contributed by atoms with Gasteiger partial charge >= 0.3 is 0 Å². The van der Waals surface area contributed by atoms with Gasteiger partial charge in [0.2, 0.25) is 0 Å². The summed E-state index contributed by atoms with van der Waals surface area (Å²) in [5.74, 6) is 0. The molecule has 0 spiro atoms. The smallest absolute Gasteiger partial charge is 0.103 e. The van der Waals surface area contributed by atoms with Crippen LogP contribution in [0.4, 0.5) is 0 Å². The zero-order valence-electron chi connectivity index (χ0n) is 14.5. The van der Waals surface area contributed by atoms with Crippen LogP contribution in [0.15, 0.2) is 0 Å². The standard InChI is InChI=1S/C14H30Cl4Si2/c1-11(2,3)19(7,8)13(15,16)14(17,18)20(9,10)12(4,5)6/h1-10H3. The fourth-order valence-corrected chi connectivity index (χ4v) is 13.3. The van der Waals surface area contributed by atoms with Crippen LogP contribution in [-0.4, -0.2) is 24.1 Å². The maximum absolute atomic E-state index is 6.89. The van der Waals surface area contributed by atoms with Crippen molar-refractivity contribution in [1.82, 2.24) is 0 Å². The van der Waals surface area contributed by atoms with E-state index < -0.39 is 24.1 Å². The second-order valence-electron chi connectivity index (χ2n) is 8.90. The molecule has 0 aromatic rings. The zero-order valence-corrected chi connectivity index (χ0v) is 19.5. The van der Waals surface area contributed by atoms with Crippen molar-refractivity contribution in [1.29, 1.82) is 0 Å². The van der Waals surface area contributed by atoms with Gasteiger partial charge in [0.15, 0.2) is 0 Å². The average Bonchev–Trinajstić information content (AvgIpc) is 2.12. The van der Waals surface area contributed by atoms with Crippen molar-refractivity contribution in [2.24, 2.45) is 0 Å². The van der Waals surface area contributed by atoms with Gasteiger partial charge in [0.05, 0.1) is 16.1 Å². The molecule has 0 N–H and O–H groups in total. The molecular weight excluding hydrogens is 366 g/mol. The predicted octanol–water partition coefficient (Wildman–Crippen LogP) is 7.43. The van der Waals surface area contributed by atoms with E-state index in [0.29, 0.717) is 0 Å². The molecule has 0 aliphatic rings. The second-order valence-corrected chi connectivity index (χ2v) is 23.8. The van der Waals surface area contributed by atoms with E-state index in [1.165, 1.54) is 0 Å². The van der Waals surface area contributed by atoms with Gasteiger partial charge < -0.3 is 0 Å². The van der Waals surface area contributed by atoms with Crippen LogP contribution in [0.25, 0.3) is 0 Å². The normalized spacial score (nSPS) is 16.5. The lowest BCUT2D eigenvalue weighted by molar-refractivity contribution is 0.673. The van der Waals surface area contributed by atoms with Crippen LogP contribution in [0.2, 0.25) is 36.3 Å². The summed E-state index contributed by atoms with van der Waals surface area (Å²) in [4.78, 5) is 0. The van der Waals surface area contributed by atoms with Crippen LogP contribution in [0, 0.1) is 0 Å². The molecule has 0 nitrogen and oxygen atoms in total. The maximum atomic E-state index is 6.89. The quantitative estimate of drug-likeness (QED) is 0.344. The SMILES string of the molecule is CC(C)(C)[Si](C)(C)C(Cl)(Cl)C(Cl)(Cl)[Si](C)(C)C(C)(C)C. The average molecular weight is 396 g/mol. The zero-order chi connectivity index (χ0) is 17.0. The summed E-state index contributed by atoms with van der Waals surface area (Å²) < 4.78 is -2.21. The number of rotatable bonds is 3. The highest BCUT2D eigenvalue weighted by Gasteiger charge is 2.68. The molecule has 0 aromatic carbocycles. The van der Waals surface area contributed by atoms with E-state index in [-0.39, 0.29) is 10.1 Å². The molecule has 0 unspecified atom stereocenters. The largest absolute Gasteiger partial charge is 0.136 e. The maximum Gasteiger partial charge on any atom is 0.136 e. The van der Waals surface area contributed by atoms with E-state index in [1.54, 1.807) is 0 Å². The molecule has 0 radical (unpaired) electrons. The molecule has 0 heterocycles. The third kappa shape index (κ3) is 3.12. The number of halogens is 4. The Morgan fingerprint density at radius 2 is 0.650 bits per heavy atom. The lowest BCUT2D eigenvalue weighted by Gasteiger charge is -2.57. The first kappa shape index (κ1) is 21.6.